The van der Waals surface area contributed by atoms with Crippen LogP contribution in [-0.2, 0) is 4.79 Å². The van der Waals surface area contributed by atoms with E-state index < -0.39 is 0 Å². The van der Waals surface area contributed by atoms with Gasteiger partial charge in [-0.1, -0.05) is 35.9 Å². The Hall–Kier alpha value is -1.55. The van der Waals surface area contributed by atoms with Crippen molar-refractivity contribution in [2.45, 2.75) is 26.8 Å². The number of carbonyl (C=O) groups excluding carboxylic acids is 1. The van der Waals surface area contributed by atoms with Gasteiger partial charge in [-0.2, -0.15) is 4.99 Å². The van der Waals surface area contributed by atoms with Crippen molar-refractivity contribution in [1.29, 1.82) is 0 Å². The molecule has 1 aliphatic rings. The number of thioether (sulfide) groups is 1. The summed E-state index contributed by atoms with van der Waals surface area (Å²) in [4.78, 5) is 16.4. The van der Waals surface area contributed by atoms with Crippen molar-refractivity contribution in [2.24, 2.45) is 4.99 Å². The van der Waals surface area contributed by atoms with Crippen molar-refractivity contribution in [2.75, 3.05) is 0 Å². The maximum atomic E-state index is 11.6. The predicted molar refractivity (Wildman–Crippen MR) is 76.4 cm³/mol. The molecule has 0 saturated carbocycles. The lowest BCUT2D eigenvalue weighted by atomic mass is 10.1. The van der Waals surface area contributed by atoms with Crippen LogP contribution in [0.2, 0.25) is 0 Å². The van der Waals surface area contributed by atoms with Crippen LogP contribution in [0.5, 0.6) is 0 Å². The number of nitrogens with one attached hydrogen (secondary N) is 1. The summed E-state index contributed by atoms with van der Waals surface area (Å²) in [5.74, 6) is -0.136. The zero-order valence-electron chi connectivity index (χ0n) is 10.7. The third-order valence-electron chi connectivity index (χ3n) is 2.69. The minimum atomic E-state index is -0.136. The molecule has 0 spiro atoms. The molecule has 94 valence electrons. The summed E-state index contributed by atoms with van der Waals surface area (Å²) in [5, 5.41) is 3.96. The first-order valence-electron chi connectivity index (χ1n) is 5.87. The van der Waals surface area contributed by atoms with E-state index in [0.717, 1.165) is 10.5 Å². The number of carbonyl (C=O) groups is 1. The average Bonchev–Trinajstić information content (AvgIpc) is 2.71. The van der Waals surface area contributed by atoms with Crippen LogP contribution in [0, 0.1) is 0 Å². The molecule has 18 heavy (non-hydrogen) atoms. The molecule has 1 atom stereocenters. The fraction of sp³-hybridized carbons (Fsp3) is 0.286. The number of allylic oxidation sites excluding steroid dienone is 1. The van der Waals surface area contributed by atoms with E-state index in [1.54, 1.807) is 0 Å². The van der Waals surface area contributed by atoms with Crippen molar-refractivity contribution in [3.8, 4) is 0 Å². The number of rotatable bonds is 2. The molecule has 0 aliphatic carbocycles. The molecule has 1 aromatic rings. The first-order valence-corrected chi connectivity index (χ1v) is 6.69. The van der Waals surface area contributed by atoms with Gasteiger partial charge >= 0.3 is 0 Å². The minimum absolute atomic E-state index is 0.136. The molecule has 1 N–H and O–H groups in total. The normalized spacial score (nSPS) is 16.5. The summed E-state index contributed by atoms with van der Waals surface area (Å²) in [6.07, 6.45) is 0. The van der Waals surface area contributed by atoms with E-state index in [1.165, 1.54) is 17.3 Å². The molecular formula is C14H16N2OS. The summed E-state index contributed by atoms with van der Waals surface area (Å²) in [6.45, 7) is 5.92. The highest BCUT2D eigenvalue weighted by atomic mass is 32.2. The Morgan fingerprint density at radius 1 is 1.28 bits per heavy atom. The third kappa shape index (κ3) is 2.82. The van der Waals surface area contributed by atoms with Gasteiger partial charge in [-0.05, 0) is 38.1 Å². The molecule has 1 aromatic carbocycles. The van der Waals surface area contributed by atoms with E-state index in [0.29, 0.717) is 5.17 Å². The predicted octanol–water partition coefficient (Wildman–Crippen LogP) is 3.26. The highest BCUT2D eigenvalue weighted by molar-refractivity contribution is 8.18. The number of aliphatic imine (C=N–C) groups is 1. The van der Waals surface area contributed by atoms with Crippen LogP contribution < -0.4 is 5.32 Å². The molecule has 4 heteroatoms. The molecule has 1 heterocycles. The van der Waals surface area contributed by atoms with Crippen molar-refractivity contribution >= 4 is 22.8 Å². The van der Waals surface area contributed by atoms with E-state index in [-0.39, 0.29) is 11.9 Å². The number of amidine groups is 1. The summed E-state index contributed by atoms with van der Waals surface area (Å²) >= 11 is 1.42. The highest BCUT2D eigenvalue weighted by Gasteiger charge is 2.23. The lowest BCUT2D eigenvalue weighted by Gasteiger charge is -2.14. The molecule has 0 fully saturated rings. The second-order valence-corrected chi connectivity index (χ2v) is 5.43. The molecule has 0 aromatic heterocycles. The standard InChI is InChI=1S/C14H16N2OS/c1-9(2)12-13(17)16-14(18-12)15-10(3)11-7-5-4-6-8-11/h4-8,10H,1-3H3,(H,15,16,17)/t10-/m1/s1. The van der Waals surface area contributed by atoms with E-state index in [1.807, 2.05) is 32.0 Å². The summed E-state index contributed by atoms with van der Waals surface area (Å²) < 4.78 is 0. The van der Waals surface area contributed by atoms with Crippen LogP contribution in [0.3, 0.4) is 0 Å². The Morgan fingerprint density at radius 2 is 1.94 bits per heavy atom. The minimum Gasteiger partial charge on any atom is -0.358 e. The fourth-order valence-electron chi connectivity index (χ4n) is 1.69. The average molecular weight is 260 g/mol. The Morgan fingerprint density at radius 3 is 2.50 bits per heavy atom. The number of benzene rings is 1. The quantitative estimate of drug-likeness (QED) is 0.830. The van der Waals surface area contributed by atoms with Gasteiger partial charge in [-0.25, -0.2) is 0 Å². The van der Waals surface area contributed by atoms with Crippen molar-refractivity contribution in [1.82, 2.24) is 5.32 Å². The Balaban J connectivity index is 2.07. The van der Waals surface area contributed by atoms with E-state index in [9.17, 15) is 4.79 Å². The maximum absolute atomic E-state index is 11.6. The molecule has 0 radical (unpaired) electrons. The fourth-order valence-corrected chi connectivity index (χ4v) is 2.59. The zero-order chi connectivity index (χ0) is 13.1. The van der Waals surface area contributed by atoms with Gasteiger partial charge in [0.25, 0.3) is 5.91 Å². The van der Waals surface area contributed by atoms with Crippen LogP contribution in [0.25, 0.3) is 0 Å². The van der Waals surface area contributed by atoms with E-state index in [4.69, 9.17) is 0 Å². The van der Waals surface area contributed by atoms with Crippen molar-refractivity contribution in [3.63, 3.8) is 0 Å². The van der Waals surface area contributed by atoms with Crippen LogP contribution >= 0.6 is 11.8 Å². The largest absolute Gasteiger partial charge is 0.358 e. The topological polar surface area (TPSA) is 41.5 Å². The van der Waals surface area contributed by atoms with Crippen LogP contribution in [0.1, 0.15) is 32.4 Å². The summed E-state index contributed by atoms with van der Waals surface area (Å²) in [7, 11) is 0. The van der Waals surface area contributed by atoms with Crippen LogP contribution in [0.4, 0.5) is 0 Å². The SMILES string of the molecule is CC(C)=C1SC(N[C@H](C)c2ccccc2)=NC1=O. The molecular weight excluding hydrogens is 244 g/mol. The first-order chi connectivity index (χ1) is 8.58. The van der Waals surface area contributed by atoms with Gasteiger partial charge in [-0.15, -0.1) is 0 Å². The lowest BCUT2D eigenvalue weighted by molar-refractivity contribution is -0.113. The molecule has 0 unspecified atom stereocenters. The summed E-state index contributed by atoms with van der Waals surface area (Å²) in [6, 6.07) is 10.3. The highest BCUT2D eigenvalue weighted by Crippen LogP contribution is 2.29. The van der Waals surface area contributed by atoms with Crippen LogP contribution in [0.15, 0.2) is 45.8 Å². The summed E-state index contributed by atoms with van der Waals surface area (Å²) in [5.41, 5.74) is 2.19. The molecule has 3 nitrogen and oxygen atoms in total. The number of amides is 1. The van der Waals surface area contributed by atoms with Crippen molar-refractivity contribution in [3.05, 3.63) is 46.4 Å². The molecule has 0 saturated heterocycles. The lowest BCUT2D eigenvalue weighted by Crippen LogP contribution is -2.22. The number of nitrogens with zero attached hydrogens (tertiary/aromatic N) is 1. The smallest absolute Gasteiger partial charge is 0.286 e. The van der Waals surface area contributed by atoms with Gasteiger partial charge in [0.05, 0.1) is 10.9 Å². The molecule has 2 rings (SSSR count). The van der Waals surface area contributed by atoms with Gasteiger partial charge in [0.2, 0.25) is 0 Å². The van der Waals surface area contributed by atoms with Gasteiger partial charge in [0, 0.05) is 0 Å². The van der Waals surface area contributed by atoms with Gasteiger partial charge < -0.3 is 5.32 Å². The number of hydrogen-bond donors (Lipinski definition) is 1. The Labute approximate surface area is 111 Å². The third-order valence-corrected chi connectivity index (χ3v) is 3.88. The molecule has 1 amide bonds. The first kappa shape index (κ1) is 12.9. The second-order valence-electron chi connectivity index (χ2n) is 4.43. The van der Waals surface area contributed by atoms with E-state index >= 15 is 0 Å². The maximum Gasteiger partial charge on any atom is 0.286 e. The van der Waals surface area contributed by atoms with Gasteiger partial charge in [-0.3, -0.25) is 4.79 Å². The second kappa shape index (κ2) is 5.40. The Kier molecular flexibility index (Phi) is 3.87. The monoisotopic (exact) mass is 260 g/mol. The Bertz CT molecular complexity index is 516. The van der Waals surface area contributed by atoms with Crippen LogP contribution in [-0.4, -0.2) is 11.1 Å². The van der Waals surface area contributed by atoms with E-state index in [2.05, 4.69) is 29.4 Å². The van der Waals surface area contributed by atoms with Gasteiger partial charge in [0.15, 0.2) is 5.17 Å². The zero-order valence-corrected chi connectivity index (χ0v) is 11.5. The van der Waals surface area contributed by atoms with Crippen molar-refractivity contribution < 1.29 is 4.79 Å². The molecule has 1 aliphatic heterocycles. The molecule has 0 bridgehead atoms. The number of hydrogen-bond acceptors (Lipinski definition) is 3. The van der Waals surface area contributed by atoms with Gasteiger partial charge in [0.1, 0.15) is 0 Å².